The van der Waals surface area contributed by atoms with Crippen LogP contribution in [0.1, 0.15) is 0 Å². The molecule has 4 heteroatoms. The van der Waals surface area contributed by atoms with Crippen molar-refractivity contribution in [1.82, 2.24) is 0 Å². The molecule has 0 bridgehead atoms. The molecule has 0 aliphatic carbocycles. The van der Waals surface area contributed by atoms with Gasteiger partial charge in [-0.2, -0.15) is 36.4 Å². The molecule has 0 spiro atoms. The Kier molecular flexibility index (Phi) is 18.1. The second kappa shape index (κ2) is 15.5. The Balaban J connectivity index is 0. The Labute approximate surface area is 102 Å². The maximum atomic E-state index is 4.91. The zero-order chi connectivity index (χ0) is 9.78. The van der Waals surface area contributed by atoms with Gasteiger partial charge in [-0.15, -0.1) is 0 Å². The summed E-state index contributed by atoms with van der Waals surface area (Å²) in [6, 6.07) is 20.0. The van der Waals surface area contributed by atoms with Crippen LogP contribution in [0.15, 0.2) is 60.7 Å². The molecule has 0 atom stereocenters. The van der Waals surface area contributed by atoms with Gasteiger partial charge < -0.3 is 5.48 Å². The zero-order valence-corrected chi connectivity index (χ0v) is 11.2. The molecule has 0 aromatic heterocycles. The molecule has 0 aliphatic rings. The van der Waals surface area contributed by atoms with Crippen LogP contribution in [0.4, 0.5) is 0 Å². The predicted octanol–water partition coefficient (Wildman–Crippen LogP) is 3.36. The molecule has 0 radical (unpaired) electrons. The Bertz CT molecular complexity index is 170. The zero-order valence-electron chi connectivity index (χ0n) is 7.48. The van der Waals surface area contributed by atoms with E-state index in [1.54, 1.807) is 0 Å². The van der Waals surface area contributed by atoms with Crippen LogP contribution >= 0.6 is 18.4 Å². The first-order valence-corrected chi connectivity index (χ1v) is 9.33. The maximum absolute atomic E-state index is 4.91. The van der Waals surface area contributed by atoms with Gasteiger partial charge in [-0.05, 0) is 0 Å². The van der Waals surface area contributed by atoms with Crippen molar-refractivity contribution in [3.8, 4) is 0 Å². The van der Waals surface area contributed by atoms with E-state index in [2.05, 4.69) is 0 Å². The second-order valence-corrected chi connectivity index (χ2v) is 5.33. The van der Waals surface area contributed by atoms with Crippen molar-refractivity contribution in [2.24, 2.45) is 0 Å². The van der Waals surface area contributed by atoms with Crippen molar-refractivity contribution in [3.05, 3.63) is 60.7 Å². The monoisotopic (exact) mass is 311 g/mol. The molecule has 0 saturated heterocycles. The van der Waals surface area contributed by atoms with Gasteiger partial charge in [0.15, 0.2) is 0 Å². The Morgan fingerprint density at radius 1 is 0.714 bits per heavy atom. The average Bonchev–Trinajstić information content (AvgIpc) is 2.85. The molecule has 2 rings (SSSR count). The minimum absolute atomic E-state index is 0. The molecule has 79 valence electrons. The molecule has 0 heterocycles. The summed E-state index contributed by atoms with van der Waals surface area (Å²) in [6.45, 7) is 0. The van der Waals surface area contributed by atoms with Crippen molar-refractivity contribution in [3.63, 3.8) is 0 Å². The van der Waals surface area contributed by atoms with Gasteiger partial charge >= 0.3 is 36.0 Å². The van der Waals surface area contributed by atoms with Crippen LogP contribution < -0.4 is 0 Å². The van der Waals surface area contributed by atoms with Gasteiger partial charge in [0, 0.05) is 0 Å². The second-order valence-electron chi connectivity index (χ2n) is 1.99. The van der Waals surface area contributed by atoms with E-state index in [4.69, 9.17) is 18.4 Å². The fraction of sp³-hybridized carbons (Fsp3) is 0. The van der Waals surface area contributed by atoms with E-state index >= 15 is 0 Å². The van der Waals surface area contributed by atoms with E-state index in [0.29, 0.717) is 0 Å². The molecule has 14 heavy (non-hydrogen) atoms. The van der Waals surface area contributed by atoms with Crippen LogP contribution in [-0.4, -0.2) is 5.48 Å². The van der Waals surface area contributed by atoms with E-state index in [-0.39, 0.29) is 5.48 Å². The smallest absolute Gasteiger partial charge is 0.172 e. The minimum Gasteiger partial charge on any atom is -0.214 e. The van der Waals surface area contributed by atoms with Gasteiger partial charge in [0.05, 0.1) is 0 Å². The molecule has 0 unspecified atom stereocenters. The quantitative estimate of drug-likeness (QED) is 0.528. The van der Waals surface area contributed by atoms with Gasteiger partial charge in [-0.3, -0.25) is 0 Å². The van der Waals surface area contributed by atoms with E-state index in [1.807, 2.05) is 60.7 Å². The standard InChI is InChI=1S/2C5H5.2ClH.Nb.H2O/c2*1-2-4-5-3-1;;;;/h2*1-5H;2*1H;;1H2/q2*-1;;;+2;/p-2. The summed E-state index contributed by atoms with van der Waals surface area (Å²) < 4.78 is 0. The normalized spacial score (nSPS) is 6.71. The Hall–Kier alpha value is -0.0197. The van der Waals surface area contributed by atoms with Crippen molar-refractivity contribution < 1.29 is 23.1 Å². The molecule has 0 fully saturated rings. The largest absolute Gasteiger partial charge is 0.214 e. The third-order valence-corrected chi connectivity index (χ3v) is 1.11. The summed E-state index contributed by atoms with van der Waals surface area (Å²) >= 11 is -0.706. The van der Waals surface area contributed by atoms with Crippen LogP contribution in [0.25, 0.3) is 0 Å². The van der Waals surface area contributed by atoms with Crippen molar-refractivity contribution in [2.45, 2.75) is 0 Å². The molecular formula is C10H12Cl2NbO-2. The van der Waals surface area contributed by atoms with E-state index in [1.165, 1.54) is 0 Å². The Morgan fingerprint density at radius 3 is 1.00 bits per heavy atom. The summed E-state index contributed by atoms with van der Waals surface area (Å²) in [6.07, 6.45) is 0. The molecule has 0 amide bonds. The van der Waals surface area contributed by atoms with Crippen LogP contribution in [-0.2, 0) is 17.6 Å². The summed E-state index contributed by atoms with van der Waals surface area (Å²) in [4.78, 5) is 0. The SMILES string of the molecule is O.[Cl][Nb][Cl].c1cc[cH-]c1.c1cc[cH-]c1. The minimum atomic E-state index is -0.706. The van der Waals surface area contributed by atoms with Gasteiger partial charge in [-0.25, -0.2) is 24.3 Å². The maximum Gasteiger partial charge on any atom is -0.172 e. The summed E-state index contributed by atoms with van der Waals surface area (Å²) in [5.74, 6) is 0. The fourth-order valence-electron chi connectivity index (χ4n) is 0.642. The Morgan fingerprint density at radius 2 is 0.929 bits per heavy atom. The number of rotatable bonds is 0. The van der Waals surface area contributed by atoms with Gasteiger partial charge in [0.1, 0.15) is 0 Å². The van der Waals surface area contributed by atoms with E-state index in [9.17, 15) is 0 Å². The fourth-order valence-corrected chi connectivity index (χ4v) is 0.642. The van der Waals surface area contributed by atoms with Crippen LogP contribution in [0.5, 0.6) is 0 Å². The number of hydrogen-bond acceptors (Lipinski definition) is 0. The number of hydrogen-bond donors (Lipinski definition) is 0. The third-order valence-electron chi connectivity index (χ3n) is 1.11. The molecular weight excluding hydrogens is 300 g/mol. The van der Waals surface area contributed by atoms with Crippen LogP contribution in [0.3, 0.4) is 0 Å². The molecule has 1 nitrogen and oxygen atoms in total. The van der Waals surface area contributed by atoms with Crippen LogP contribution in [0, 0.1) is 0 Å². The first-order valence-electron chi connectivity index (χ1n) is 3.67. The predicted molar refractivity (Wildman–Crippen MR) is 59.4 cm³/mol. The molecule has 2 N–H and O–H groups in total. The van der Waals surface area contributed by atoms with E-state index in [0.717, 1.165) is 0 Å². The first-order chi connectivity index (χ1) is 6.41. The molecule has 2 aromatic carbocycles. The van der Waals surface area contributed by atoms with Crippen molar-refractivity contribution >= 4 is 18.4 Å². The van der Waals surface area contributed by atoms with Crippen LogP contribution in [0.2, 0.25) is 0 Å². The topological polar surface area (TPSA) is 31.5 Å². The third kappa shape index (κ3) is 14.5. The van der Waals surface area contributed by atoms with Gasteiger partial charge in [0.25, 0.3) is 0 Å². The van der Waals surface area contributed by atoms with Gasteiger partial charge in [0.2, 0.25) is 0 Å². The first kappa shape index (κ1) is 16.4. The summed E-state index contributed by atoms with van der Waals surface area (Å²) in [7, 11) is 9.83. The molecule has 0 saturated carbocycles. The molecule has 0 aliphatic heterocycles. The average molecular weight is 312 g/mol. The molecule has 2 aromatic rings. The van der Waals surface area contributed by atoms with Crippen molar-refractivity contribution in [2.75, 3.05) is 0 Å². The summed E-state index contributed by atoms with van der Waals surface area (Å²) in [5, 5.41) is 0. The summed E-state index contributed by atoms with van der Waals surface area (Å²) in [5.41, 5.74) is 0. The van der Waals surface area contributed by atoms with E-state index < -0.39 is 17.6 Å². The van der Waals surface area contributed by atoms with Gasteiger partial charge in [-0.1, -0.05) is 0 Å². The number of halogens is 2. The van der Waals surface area contributed by atoms with Crippen molar-refractivity contribution in [1.29, 1.82) is 0 Å².